The lowest BCUT2D eigenvalue weighted by atomic mass is 10.0. The van der Waals surface area contributed by atoms with Crippen molar-refractivity contribution < 1.29 is 4.79 Å². The maximum absolute atomic E-state index is 12.8. The SMILES string of the molecule is CCN(C(=O)CSc1nccn2nc(-c3ccc(C)c(C)c3)cc12)c1ccccc1. The molecule has 0 saturated heterocycles. The van der Waals surface area contributed by atoms with Gasteiger partial charge in [-0.15, -0.1) is 0 Å². The number of aromatic nitrogens is 3. The normalized spacial score (nSPS) is 11.0. The van der Waals surface area contributed by atoms with Crippen LogP contribution in [0.25, 0.3) is 16.8 Å². The number of nitrogens with zero attached hydrogens (tertiary/aromatic N) is 4. The van der Waals surface area contributed by atoms with Crippen LogP contribution in [0.1, 0.15) is 18.1 Å². The van der Waals surface area contributed by atoms with Crippen LogP contribution in [0.3, 0.4) is 0 Å². The van der Waals surface area contributed by atoms with E-state index in [0.29, 0.717) is 12.3 Å². The molecule has 0 aliphatic rings. The third-order valence-electron chi connectivity index (χ3n) is 5.17. The summed E-state index contributed by atoms with van der Waals surface area (Å²) in [6, 6.07) is 18.2. The van der Waals surface area contributed by atoms with Gasteiger partial charge in [0, 0.05) is 30.2 Å². The van der Waals surface area contributed by atoms with Crippen LogP contribution >= 0.6 is 11.8 Å². The Morgan fingerprint density at radius 3 is 2.60 bits per heavy atom. The predicted octanol–water partition coefficient (Wildman–Crippen LogP) is 5.16. The minimum absolute atomic E-state index is 0.0615. The third-order valence-corrected chi connectivity index (χ3v) is 6.15. The lowest BCUT2D eigenvalue weighted by Crippen LogP contribution is -2.32. The fourth-order valence-electron chi connectivity index (χ4n) is 3.37. The van der Waals surface area contributed by atoms with Crippen molar-refractivity contribution in [1.82, 2.24) is 14.6 Å². The summed E-state index contributed by atoms with van der Waals surface area (Å²) >= 11 is 1.45. The number of fused-ring (bicyclic) bond motifs is 1. The molecule has 0 unspecified atom stereocenters. The van der Waals surface area contributed by atoms with Crippen LogP contribution < -0.4 is 4.90 Å². The van der Waals surface area contributed by atoms with Crippen molar-refractivity contribution in [1.29, 1.82) is 0 Å². The molecule has 152 valence electrons. The number of hydrogen-bond acceptors (Lipinski definition) is 4. The highest BCUT2D eigenvalue weighted by atomic mass is 32.2. The van der Waals surface area contributed by atoms with Crippen molar-refractivity contribution in [2.75, 3.05) is 17.2 Å². The van der Waals surface area contributed by atoms with Crippen LogP contribution in [0.5, 0.6) is 0 Å². The highest BCUT2D eigenvalue weighted by Crippen LogP contribution is 2.27. The van der Waals surface area contributed by atoms with E-state index in [9.17, 15) is 4.79 Å². The Morgan fingerprint density at radius 1 is 1.07 bits per heavy atom. The molecule has 0 aliphatic carbocycles. The van der Waals surface area contributed by atoms with E-state index in [2.05, 4.69) is 37.0 Å². The lowest BCUT2D eigenvalue weighted by molar-refractivity contribution is -0.116. The smallest absolute Gasteiger partial charge is 0.237 e. The van der Waals surface area contributed by atoms with Crippen LogP contribution in [0.15, 0.2) is 72.0 Å². The number of benzene rings is 2. The number of carbonyl (C=O) groups excluding carboxylic acids is 1. The first-order valence-corrected chi connectivity index (χ1v) is 11.0. The number of carbonyl (C=O) groups is 1. The second-order valence-corrected chi connectivity index (χ2v) is 8.12. The highest BCUT2D eigenvalue weighted by molar-refractivity contribution is 8.00. The fourth-order valence-corrected chi connectivity index (χ4v) is 4.22. The maximum atomic E-state index is 12.8. The second-order valence-electron chi connectivity index (χ2n) is 7.15. The first-order valence-electron chi connectivity index (χ1n) is 9.97. The summed E-state index contributed by atoms with van der Waals surface area (Å²) in [5.74, 6) is 0.380. The molecule has 0 N–H and O–H groups in total. The van der Waals surface area contributed by atoms with Crippen LogP contribution in [-0.2, 0) is 4.79 Å². The van der Waals surface area contributed by atoms with Gasteiger partial charge in [-0.2, -0.15) is 5.10 Å². The molecule has 2 heterocycles. The van der Waals surface area contributed by atoms with Crippen LogP contribution in [0.4, 0.5) is 5.69 Å². The summed E-state index contributed by atoms with van der Waals surface area (Å²) < 4.78 is 1.83. The van der Waals surface area contributed by atoms with E-state index in [1.54, 1.807) is 11.1 Å². The highest BCUT2D eigenvalue weighted by Gasteiger charge is 2.16. The van der Waals surface area contributed by atoms with E-state index in [4.69, 9.17) is 5.10 Å². The first kappa shape index (κ1) is 20.2. The van der Waals surface area contributed by atoms with Crippen molar-refractivity contribution >= 4 is 28.9 Å². The fraction of sp³-hybridized carbons (Fsp3) is 0.208. The minimum Gasteiger partial charge on any atom is -0.312 e. The Bertz CT molecular complexity index is 1190. The Hall–Kier alpha value is -3.12. The quantitative estimate of drug-likeness (QED) is 0.408. The third kappa shape index (κ3) is 4.09. The molecule has 2 aromatic carbocycles. The molecular weight excluding hydrogens is 392 g/mol. The zero-order valence-electron chi connectivity index (χ0n) is 17.4. The molecule has 2 aromatic heterocycles. The van der Waals surface area contributed by atoms with Crippen LogP contribution in [0, 0.1) is 13.8 Å². The number of amides is 1. The average molecular weight is 417 g/mol. The predicted molar refractivity (Wildman–Crippen MR) is 123 cm³/mol. The largest absolute Gasteiger partial charge is 0.312 e. The van der Waals surface area contributed by atoms with Gasteiger partial charge >= 0.3 is 0 Å². The lowest BCUT2D eigenvalue weighted by Gasteiger charge is -2.20. The first-order chi connectivity index (χ1) is 14.6. The van der Waals surface area contributed by atoms with E-state index >= 15 is 0 Å². The Morgan fingerprint density at radius 2 is 1.87 bits per heavy atom. The summed E-state index contributed by atoms with van der Waals surface area (Å²) in [4.78, 5) is 19.1. The molecule has 1 amide bonds. The van der Waals surface area contributed by atoms with Crippen molar-refractivity contribution in [2.45, 2.75) is 25.8 Å². The molecular formula is C24H24N4OS. The van der Waals surface area contributed by atoms with Gasteiger partial charge in [-0.1, -0.05) is 42.1 Å². The van der Waals surface area contributed by atoms with Crippen LogP contribution in [-0.4, -0.2) is 32.8 Å². The summed E-state index contributed by atoms with van der Waals surface area (Å²) in [6.07, 6.45) is 3.57. The molecule has 4 aromatic rings. The van der Waals surface area contributed by atoms with E-state index in [0.717, 1.165) is 27.5 Å². The monoisotopic (exact) mass is 416 g/mol. The number of thioether (sulfide) groups is 1. The summed E-state index contributed by atoms with van der Waals surface area (Å²) in [6.45, 7) is 6.83. The van der Waals surface area contributed by atoms with Gasteiger partial charge < -0.3 is 4.90 Å². The molecule has 0 bridgehead atoms. The molecule has 5 nitrogen and oxygen atoms in total. The van der Waals surface area contributed by atoms with Gasteiger partial charge in [-0.25, -0.2) is 9.50 Å². The zero-order valence-corrected chi connectivity index (χ0v) is 18.2. The number of anilines is 1. The van der Waals surface area contributed by atoms with Gasteiger partial charge in [0.05, 0.1) is 17.0 Å². The number of rotatable bonds is 6. The summed E-state index contributed by atoms with van der Waals surface area (Å²) in [5, 5.41) is 5.51. The van der Waals surface area contributed by atoms with E-state index in [-0.39, 0.29) is 5.91 Å². The Balaban J connectivity index is 1.56. The van der Waals surface area contributed by atoms with Crippen molar-refractivity contribution in [3.8, 4) is 11.3 Å². The standard InChI is InChI=1S/C24H24N4OS/c1-4-27(20-8-6-5-7-9-20)23(29)16-30-24-22-15-21(26-28(22)13-12-25-24)19-11-10-17(2)18(3)14-19/h5-15H,4,16H2,1-3H3. The van der Waals surface area contributed by atoms with Crippen molar-refractivity contribution in [3.63, 3.8) is 0 Å². The van der Waals surface area contributed by atoms with Gasteiger partial charge in [0.15, 0.2) is 0 Å². The number of para-hydroxylation sites is 1. The van der Waals surface area contributed by atoms with Crippen LogP contribution in [0.2, 0.25) is 0 Å². The summed E-state index contributed by atoms with van der Waals surface area (Å²) in [7, 11) is 0. The van der Waals surface area contributed by atoms with Gasteiger partial charge in [0.2, 0.25) is 5.91 Å². The van der Waals surface area contributed by atoms with Gasteiger partial charge in [-0.3, -0.25) is 4.79 Å². The van der Waals surface area contributed by atoms with Crippen molar-refractivity contribution in [2.24, 2.45) is 0 Å². The molecule has 0 spiro atoms. The Labute approximate surface area is 180 Å². The minimum atomic E-state index is 0.0615. The van der Waals surface area contributed by atoms with E-state index in [1.165, 1.54) is 22.9 Å². The second kappa shape index (κ2) is 8.71. The van der Waals surface area contributed by atoms with E-state index in [1.807, 2.05) is 54.0 Å². The van der Waals surface area contributed by atoms with Gasteiger partial charge in [0.25, 0.3) is 0 Å². The van der Waals surface area contributed by atoms with Gasteiger partial charge in [-0.05, 0) is 56.2 Å². The van der Waals surface area contributed by atoms with Crippen molar-refractivity contribution in [3.05, 3.63) is 78.1 Å². The number of hydrogen-bond donors (Lipinski definition) is 0. The molecule has 0 radical (unpaired) electrons. The molecule has 0 aliphatic heterocycles. The number of aryl methyl sites for hydroxylation is 2. The molecule has 0 atom stereocenters. The Kier molecular flexibility index (Phi) is 5.86. The molecule has 4 rings (SSSR count). The molecule has 30 heavy (non-hydrogen) atoms. The molecule has 6 heteroatoms. The molecule has 0 saturated carbocycles. The van der Waals surface area contributed by atoms with E-state index < -0.39 is 0 Å². The van der Waals surface area contributed by atoms with Gasteiger partial charge in [0.1, 0.15) is 5.03 Å². The average Bonchev–Trinajstić information content (AvgIpc) is 3.20. The molecule has 0 fully saturated rings. The maximum Gasteiger partial charge on any atom is 0.237 e. The zero-order chi connectivity index (χ0) is 21.1. The topological polar surface area (TPSA) is 50.5 Å². The summed E-state index contributed by atoms with van der Waals surface area (Å²) in [5.41, 5.74) is 6.31.